The molecule has 6 nitrogen and oxygen atoms in total. The summed E-state index contributed by atoms with van der Waals surface area (Å²) in [6.07, 6.45) is 4.39. The third-order valence-corrected chi connectivity index (χ3v) is 3.62. The molecule has 2 aromatic rings. The molecule has 1 aromatic heterocycles. The highest BCUT2D eigenvalue weighted by Gasteiger charge is 2.21. The number of hydrogen-bond donors (Lipinski definition) is 1. The number of aromatic nitrogens is 2. The number of rotatable bonds is 6. The van der Waals surface area contributed by atoms with Gasteiger partial charge < -0.3 is 10.0 Å². The van der Waals surface area contributed by atoms with Crippen molar-refractivity contribution in [3.05, 3.63) is 48.3 Å². The first kappa shape index (κ1) is 15.8. The van der Waals surface area contributed by atoms with Crippen LogP contribution in [0.4, 0.5) is 0 Å². The number of nitrogens with zero attached hydrogens (tertiary/aromatic N) is 3. The van der Waals surface area contributed by atoms with E-state index in [0.717, 1.165) is 11.3 Å². The first-order chi connectivity index (χ1) is 10.5. The lowest BCUT2D eigenvalue weighted by Gasteiger charge is -2.21. The lowest BCUT2D eigenvalue weighted by molar-refractivity contribution is -0.148. The Balaban J connectivity index is 1.94. The van der Waals surface area contributed by atoms with Crippen LogP contribution >= 0.6 is 0 Å². The van der Waals surface area contributed by atoms with Gasteiger partial charge in [0.2, 0.25) is 5.91 Å². The SMILES string of the molecule is CC(C(=O)O)N(C)C(=O)CCc1cnn(-c2ccccc2)c1. The summed E-state index contributed by atoms with van der Waals surface area (Å²) in [7, 11) is 1.51. The highest BCUT2D eigenvalue weighted by Crippen LogP contribution is 2.10. The zero-order valence-electron chi connectivity index (χ0n) is 12.6. The van der Waals surface area contributed by atoms with Crippen LogP contribution in [0.1, 0.15) is 18.9 Å². The van der Waals surface area contributed by atoms with E-state index in [1.165, 1.54) is 18.9 Å². The van der Waals surface area contributed by atoms with Crippen LogP contribution in [0.2, 0.25) is 0 Å². The molecule has 1 unspecified atom stereocenters. The summed E-state index contributed by atoms with van der Waals surface area (Å²) < 4.78 is 1.75. The van der Waals surface area contributed by atoms with Gasteiger partial charge in [-0.25, -0.2) is 9.48 Å². The van der Waals surface area contributed by atoms with Gasteiger partial charge in [-0.05, 0) is 31.0 Å². The number of hydrogen-bond acceptors (Lipinski definition) is 3. The first-order valence-corrected chi connectivity index (χ1v) is 7.06. The molecule has 1 atom stereocenters. The number of carbonyl (C=O) groups is 2. The van der Waals surface area contributed by atoms with Crippen LogP contribution in [0.15, 0.2) is 42.7 Å². The third-order valence-electron chi connectivity index (χ3n) is 3.62. The second kappa shape index (κ2) is 6.89. The van der Waals surface area contributed by atoms with E-state index in [9.17, 15) is 9.59 Å². The highest BCUT2D eigenvalue weighted by atomic mass is 16.4. The van der Waals surface area contributed by atoms with Gasteiger partial charge in [0.25, 0.3) is 0 Å². The van der Waals surface area contributed by atoms with E-state index >= 15 is 0 Å². The minimum Gasteiger partial charge on any atom is -0.480 e. The summed E-state index contributed by atoms with van der Waals surface area (Å²) in [5, 5.41) is 13.2. The average Bonchev–Trinajstić information content (AvgIpc) is 3.00. The van der Waals surface area contributed by atoms with E-state index in [-0.39, 0.29) is 12.3 Å². The van der Waals surface area contributed by atoms with Crippen molar-refractivity contribution in [1.82, 2.24) is 14.7 Å². The number of aryl methyl sites for hydroxylation is 1. The van der Waals surface area contributed by atoms with Gasteiger partial charge in [-0.1, -0.05) is 18.2 Å². The molecule has 1 heterocycles. The monoisotopic (exact) mass is 301 g/mol. The Morgan fingerprint density at radius 1 is 1.32 bits per heavy atom. The number of carboxylic acids is 1. The van der Waals surface area contributed by atoms with Crippen LogP contribution < -0.4 is 0 Å². The number of aliphatic carboxylic acids is 1. The molecular weight excluding hydrogens is 282 g/mol. The second-order valence-electron chi connectivity index (χ2n) is 5.15. The van der Waals surface area contributed by atoms with Gasteiger partial charge in [-0.3, -0.25) is 4.79 Å². The fourth-order valence-corrected chi connectivity index (χ4v) is 2.02. The van der Waals surface area contributed by atoms with Crippen molar-refractivity contribution in [2.75, 3.05) is 7.05 Å². The van der Waals surface area contributed by atoms with Crippen LogP contribution in [0.3, 0.4) is 0 Å². The number of carbonyl (C=O) groups excluding carboxylic acids is 1. The molecule has 0 aliphatic rings. The summed E-state index contributed by atoms with van der Waals surface area (Å²) in [5.41, 5.74) is 1.89. The van der Waals surface area contributed by atoms with Crippen LogP contribution in [0.25, 0.3) is 5.69 Å². The molecule has 2 rings (SSSR count). The Morgan fingerprint density at radius 3 is 2.64 bits per heavy atom. The Bertz CT molecular complexity index is 652. The molecule has 22 heavy (non-hydrogen) atoms. The Labute approximate surface area is 129 Å². The minimum absolute atomic E-state index is 0.192. The third kappa shape index (κ3) is 3.72. The zero-order valence-corrected chi connectivity index (χ0v) is 12.6. The topological polar surface area (TPSA) is 75.4 Å². The summed E-state index contributed by atoms with van der Waals surface area (Å²) in [5.74, 6) is -1.20. The van der Waals surface area contributed by atoms with E-state index in [4.69, 9.17) is 5.11 Å². The molecular formula is C16H19N3O3. The number of carboxylic acid groups (broad SMARTS) is 1. The van der Waals surface area contributed by atoms with E-state index in [2.05, 4.69) is 5.10 Å². The van der Waals surface area contributed by atoms with Gasteiger partial charge in [0.15, 0.2) is 0 Å². The zero-order chi connectivity index (χ0) is 16.1. The molecule has 0 saturated carbocycles. The maximum absolute atomic E-state index is 12.0. The highest BCUT2D eigenvalue weighted by molar-refractivity contribution is 5.83. The molecule has 0 aliphatic heterocycles. The largest absolute Gasteiger partial charge is 0.480 e. The van der Waals surface area contributed by atoms with Crippen molar-refractivity contribution in [1.29, 1.82) is 0 Å². The molecule has 0 saturated heterocycles. The number of amides is 1. The smallest absolute Gasteiger partial charge is 0.326 e. The van der Waals surface area contributed by atoms with Gasteiger partial charge in [0.1, 0.15) is 6.04 Å². The standard InChI is InChI=1S/C16H19N3O3/c1-12(16(21)22)18(2)15(20)9-8-13-10-17-19(11-13)14-6-4-3-5-7-14/h3-7,10-12H,8-9H2,1-2H3,(H,21,22). The minimum atomic E-state index is -1.01. The van der Waals surface area contributed by atoms with Crippen molar-refractivity contribution < 1.29 is 14.7 Å². The maximum Gasteiger partial charge on any atom is 0.326 e. The number of benzene rings is 1. The molecule has 0 bridgehead atoms. The van der Waals surface area contributed by atoms with Crippen LogP contribution in [-0.2, 0) is 16.0 Å². The van der Waals surface area contributed by atoms with E-state index in [1.807, 2.05) is 36.5 Å². The van der Waals surface area contributed by atoms with Gasteiger partial charge in [-0.15, -0.1) is 0 Å². The predicted molar refractivity (Wildman–Crippen MR) is 81.8 cm³/mol. The average molecular weight is 301 g/mol. The first-order valence-electron chi connectivity index (χ1n) is 7.06. The Morgan fingerprint density at radius 2 is 2.00 bits per heavy atom. The van der Waals surface area contributed by atoms with E-state index in [0.29, 0.717) is 6.42 Å². The molecule has 1 aromatic carbocycles. The van der Waals surface area contributed by atoms with Gasteiger partial charge >= 0.3 is 5.97 Å². The van der Waals surface area contributed by atoms with Gasteiger partial charge in [-0.2, -0.15) is 5.10 Å². The summed E-state index contributed by atoms with van der Waals surface area (Å²) in [6, 6.07) is 8.88. The summed E-state index contributed by atoms with van der Waals surface area (Å²) >= 11 is 0. The molecule has 0 aliphatic carbocycles. The Kier molecular flexibility index (Phi) is 4.93. The molecule has 6 heteroatoms. The summed E-state index contributed by atoms with van der Waals surface area (Å²) in [4.78, 5) is 24.1. The summed E-state index contributed by atoms with van der Waals surface area (Å²) in [6.45, 7) is 1.49. The molecule has 0 radical (unpaired) electrons. The second-order valence-corrected chi connectivity index (χ2v) is 5.15. The van der Waals surface area contributed by atoms with Crippen LogP contribution in [0, 0.1) is 0 Å². The lowest BCUT2D eigenvalue weighted by atomic mass is 10.1. The quantitative estimate of drug-likeness (QED) is 0.881. The Hall–Kier alpha value is -2.63. The fourth-order valence-electron chi connectivity index (χ4n) is 2.02. The maximum atomic E-state index is 12.0. The lowest BCUT2D eigenvalue weighted by Crippen LogP contribution is -2.40. The normalized spacial score (nSPS) is 11.9. The predicted octanol–water partition coefficient (Wildman–Crippen LogP) is 1.74. The molecule has 1 N–H and O–H groups in total. The number of likely N-dealkylation sites (N-methyl/N-ethyl adjacent to an activating group) is 1. The molecule has 1 amide bonds. The molecule has 0 fully saturated rings. The number of para-hydroxylation sites is 1. The van der Waals surface area contributed by atoms with Gasteiger partial charge in [0, 0.05) is 19.7 Å². The van der Waals surface area contributed by atoms with Gasteiger partial charge in [0.05, 0.1) is 11.9 Å². The van der Waals surface area contributed by atoms with Crippen molar-refractivity contribution in [2.45, 2.75) is 25.8 Å². The van der Waals surface area contributed by atoms with Crippen molar-refractivity contribution in [3.8, 4) is 5.69 Å². The fraction of sp³-hybridized carbons (Fsp3) is 0.312. The van der Waals surface area contributed by atoms with Crippen molar-refractivity contribution in [2.24, 2.45) is 0 Å². The van der Waals surface area contributed by atoms with E-state index in [1.54, 1.807) is 10.9 Å². The molecule has 116 valence electrons. The van der Waals surface area contributed by atoms with Crippen LogP contribution in [-0.4, -0.2) is 44.8 Å². The van der Waals surface area contributed by atoms with E-state index < -0.39 is 12.0 Å². The van der Waals surface area contributed by atoms with Crippen molar-refractivity contribution in [3.63, 3.8) is 0 Å². The van der Waals surface area contributed by atoms with Crippen LogP contribution in [0.5, 0.6) is 0 Å². The molecule has 0 spiro atoms. The van der Waals surface area contributed by atoms with Crippen molar-refractivity contribution >= 4 is 11.9 Å².